The van der Waals surface area contributed by atoms with Gasteiger partial charge in [0.2, 0.25) is 0 Å². The van der Waals surface area contributed by atoms with E-state index >= 15 is 0 Å². The monoisotopic (exact) mass is 138 g/mol. The molecule has 2 bridgehead atoms. The Kier molecular flexibility index (Phi) is 1.51. The molecule has 0 saturated heterocycles. The summed E-state index contributed by atoms with van der Waals surface area (Å²) < 4.78 is 0. The Morgan fingerprint density at radius 1 is 1.10 bits per heavy atom. The molecule has 0 aromatic heterocycles. The van der Waals surface area contributed by atoms with Crippen LogP contribution >= 0.6 is 0 Å². The molecule has 2 aliphatic rings. The van der Waals surface area contributed by atoms with E-state index in [2.05, 4.69) is 0 Å². The molecule has 0 radical (unpaired) electrons. The van der Waals surface area contributed by atoms with Crippen LogP contribution in [-0.4, -0.2) is 6.29 Å². The van der Waals surface area contributed by atoms with Crippen LogP contribution in [0.5, 0.6) is 0 Å². The molecule has 0 heterocycles. The first-order valence-corrected chi connectivity index (χ1v) is 4.35. The van der Waals surface area contributed by atoms with Gasteiger partial charge in [0.15, 0.2) is 0 Å². The van der Waals surface area contributed by atoms with Crippen molar-refractivity contribution < 1.29 is 4.79 Å². The molecule has 1 nitrogen and oxygen atoms in total. The Balaban J connectivity index is 2.06. The number of carbonyl (C=O) groups is 1. The molecule has 0 amide bonds. The minimum atomic E-state index is 0.429. The molecule has 56 valence electrons. The van der Waals surface area contributed by atoms with E-state index < -0.39 is 0 Å². The Hall–Kier alpha value is -0.330. The highest BCUT2D eigenvalue weighted by Gasteiger charge is 2.35. The molecule has 0 aromatic carbocycles. The Morgan fingerprint density at radius 3 is 2.70 bits per heavy atom. The van der Waals surface area contributed by atoms with Crippen molar-refractivity contribution in [2.24, 2.45) is 17.8 Å². The molecule has 0 spiro atoms. The Bertz CT molecular complexity index is 142. The lowest BCUT2D eigenvalue weighted by Crippen LogP contribution is -2.18. The van der Waals surface area contributed by atoms with Crippen molar-refractivity contribution >= 4 is 6.29 Å². The van der Waals surface area contributed by atoms with Gasteiger partial charge in [-0.2, -0.15) is 0 Å². The molecule has 0 aromatic rings. The average molecular weight is 138 g/mol. The first kappa shape index (κ1) is 6.38. The second-order valence-corrected chi connectivity index (χ2v) is 3.82. The zero-order valence-corrected chi connectivity index (χ0v) is 6.25. The summed E-state index contributed by atoms with van der Waals surface area (Å²) in [6.07, 6.45) is 7.76. The smallest absolute Gasteiger partial charge is 0.123 e. The van der Waals surface area contributed by atoms with Crippen molar-refractivity contribution in [2.45, 2.75) is 32.1 Å². The predicted octanol–water partition coefficient (Wildman–Crippen LogP) is 2.01. The highest BCUT2D eigenvalue weighted by molar-refractivity contribution is 5.54. The second kappa shape index (κ2) is 2.37. The van der Waals surface area contributed by atoms with E-state index in [1.54, 1.807) is 0 Å². The lowest BCUT2D eigenvalue weighted by atomic mass is 9.81. The first-order chi connectivity index (χ1) is 4.90. The molecule has 2 rings (SSSR count). The van der Waals surface area contributed by atoms with E-state index in [1.165, 1.54) is 38.4 Å². The lowest BCUT2D eigenvalue weighted by molar-refractivity contribution is -0.113. The van der Waals surface area contributed by atoms with Crippen LogP contribution in [0.2, 0.25) is 0 Å². The Labute approximate surface area is 61.8 Å². The fraction of sp³-hybridized carbons (Fsp3) is 0.889. The van der Waals surface area contributed by atoms with Gasteiger partial charge in [-0.05, 0) is 37.5 Å². The standard InChI is InChI=1S/C9H14O/c10-6-9-4-2-7-1-3-8(9)5-7/h6-9H,1-5H2. The van der Waals surface area contributed by atoms with Gasteiger partial charge < -0.3 is 4.79 Å². The van der Waals surface area contributed by atoms with Gasteiger partial charge in [-0.15, -0.1) is 0 Å². The van der Waals surface area contributed by atoms with Crippen LogP contribution in [0, 0.1) is 17.8 Å². The number of aldehydes is 1. The van der Waals surface area contributed by atoms with Gasteiger partial charge in [-0.1, -0.05) is 6.42 Å². The van der Waals surface area contributed by atoms with E-state index in [9.17, 15) is 4.79 Å². The molecule has 1 heteroatoms. The van der Waals surface area contributed by atoms with Crippen molar-refractivity contribution in [1.29, 1.82) is 0 Å². The third-order valence-electron chi connectivity index (χ3n) is 3.27. The lowest BCUT2D eigenvalue weighted by Gasteiger charge is -2.23. The fourth-order valence-corrected chi connectivity index (χ4v) is 2.61. The molecular weight excluding hydrogens is 124 g/mol. The second-order valence-electron chi connectivity index (χ2n) is 3.82. The Morgan fingerprint density at radius 2 is 1.90 bits per heavy atom. The minimum Gasteiger partial charge on any atom is -0.303 e. The molecular formula is C9H14O. The highest BCUT2D eigenvalue weighted by Crippen LogP contribution is 2.44. The van der Waals surface area contributed by atoms with E-state index in [4.69, 9.17) is 0 Å². The van der Waals surface area contributed by atoms with Crippen LogP contribution in [-0.2, 0) is 4.79 Å². The van der Waals surface area contributed by atoms with Crippen molar-refractivity contribution in [3.05, 3.63) is 0 Å². The molecule has 0 aliphatic heterocycles. The van der Waals surface area contributed by atoms with Crippen LogP contribution in [0.3, 0.4) is 0 Å². The summed E-state index contributed by atoms with van der Waals surface area (Å²) >= 11 is 0. The summed E-state index contributed by atoms with van der Waals surface area (Å²) in [6, 6.07) is 0. The minimum absolute atomic E-state index is 0.429. The average Bonchev–Trinajstić information content (AvgIpc) is 2.34. The zero-order chi connectivity index (χ0) is 6.97. The largest absolute Gasteiger partial charge is 0.303 e. The van der Waals surface area contributed by atoms with Gasteiger partial charge in [0.05, 0.1) is 0 Å². The van der Waals surface area contributed by atoms with Gasteiger partial charge in [0.1, 0.15) is 6.29 Å². The SMILES string of the molecule is O=CC1CCC2CCC1C2. The number of hydrogen-bond donors (Lipinski definition) is 0. The van der Waals surface area contributed by atoms with Gasteiger partial charge in [-0.3, -0.25) is 0 Å². The maximum Gasteiger partial charge on any atom is 0.123 e. The van der Waals surface area contributed by atoms with Crippen LogP contribution in [0.15, 0.2) is 0 Å². The summed E-state index contributed by atoms with van der Waals surface area (Å²) in [5.41, 5.74) is 0. The summed E-state index contributed by atoms with van der Waals surface area (Å²) in [7, 11) is 0. The van der Waals surface area contributed by atoms with Crippen LogP contribution in [0.25, 0.3) is 0 Å². The predicted molar refractivity (Wildman–Crippen MR) is 39.6 cm³/mol. The van der Waals surface area contributed by atoms with Crippen molar-refractivity contribution in [1.82, 2.24) is 0 Å². The molecule has 3 atom stereocenters. The topological polar surface area (TPSA) is 17.1 Å². The first-order valence-electron chi connectivity index (χ1n) is 4.35. The van der Waals surface area contributed by atoms with Crippen LogP contribution in [0.1, 0.15) is 32.1 Å². The third-order valence-corrected chi connectivity index (χ3v) is 3.27. The highest BCUT2D eigenvalue weighted by atomic mass is 16.1. The number of carbonyl (C=O) groups excluding carboxylic acids is 1. The van der Waals surface area contributed by atoms with Gasteiger partial charge in [0.25, 0.3) is 0 Å². The van der Waals surface area contributed by atoms with E-state index in [0.717, 1.165) is 11.8 Å². The number of fused-ring (bicyclic) bond motifs is 2. The molecule has 2 saturated carbocycles. The van der Waals surface area contributed by atoms with Crippen molar-refractivity contribution in [2.75, 3.05) is 0 Å². The van der Waals surface area contributed by atoms with Gasteiger partial charge in [0, 0.05) is 5.92 Å². The summed E-state index contributed by atoms with van der Waals surface area (Å²) in [5.74, 6) is 2.19. The summed E-state index contributed by atoms with van der Waals surface area (Å²) in [6.45, 7) is 0. The molecule has 10 heavy (non-hydrogen) atoms. The van der Waals surface area contributed by atoms with E-state index in [1.807, 2.05) is 0 Å². The third kappa shape index (κ3) is 0.882. The van der Waals surface area contributed by atoms with Crippen LogP contribution < -0.4 is 0 Å². The summed E-state index contributed by atoms with van der Waals surface area (Å²) in [4.78, 5) is 10.5. The van der Waals surface area contributed by atoms with E-state index in [-0.39, 0.29) is 0 Å². The van der Waals surface area contributed by atoms with E-state index in [0.29, 0.717) is 5.92 Å². The molecule has 2 aliphatic carbocycles. The van der Waals surface area contributed by atoms with Crippen LogP contribution in [0.4, 0.5) is 0 Å². The molecule has 0 N–H and O–H groups in total. The number of rotatable bonds is 1. The zero-order valence-electron chi connectivity index (χ0n) is 6.25. The maximum atomic E-state index is 10.5. The quantitative estimate of drug-likeness (QED) is 0.506. The molecule has 2 fully saturated rings. The van der Waals surface area contributed by atoms with Gasteiger partial charge in [-0.25, -0.2) is 0 Å². The van der Waals surface area contributed by atoms with Gasteiger partial charge >= 0.3 is 0 Å². The van der Waals surface area contributed by atoms with Crippen molar-refractivity contribution in [3.63, 3.8) is 0 Å². The summed E-state index contributed by atoms with van der Waals surface area (Å²) in [5, 5.41) is 0. The normalized spacial score (nSPS) is 45.4. The van der Waals surface area contributed by atoms with Crippen molar-refractivity contribution in [3.8, 4) is 0 Å². The fourth-order valence-electron chi connectivity index (χ4n) is 2.61. The maximum absolute atomic E-state index is 10.5. The molecule has 3 unspecified atom stereocenters. The number of hydrogen-bond acceptors (Lipinski definition) is 1.